The first-order valence-corrected chi connectivity index (χ1v) is 6.13. The summed E-state index contributed by atoms with van der Waals surface area (Å²) in [4.78, 5) is 0. The van der Waals surface area contributed by atoms with E-state index >= 15 is 0 Å². The molecule has 3 aromatic rings. The first-order valence-electron chi connectivity index (χ1n) is 6.13. The van der Waals surface area contributed by atoms with E-state index in [4.69, 9.17) is 4.74 Å². The summed E-state index contributed by atoms with van der Waals surface area (Å²) in [5.74, 6) is 0.857. The second-order valence-corrected chi connectivity index (χ2v) is 4.04. The van der Waals surface area contributed by atoms with Crippen LogP contribution in [0.15, 0.2) is 55.4 Å². The van der Waals surface area contributed by atoms with Gasteiger partial charge >= 0.3 is 0 Å². The van der Waals surface area contributed by atoms with Crippen molar-refractivity contribution in [3.05, 3.63) is 55.4 Å². The molecule has 0 saturated carbocycles. The highest BCUT2D eigenvalue weighted by Crippen LogP contribution is 2.26. The predicted molar refractivity (Wildman–Crippen MR) is 71.9 cm³/mol. The Morgan fingerprint density at radius 2 is 1.79 bits per heavy atom. The minimum atomic E-state index is 0.639. The number of hydrogen-bond donors (Lipinski definition) is 0. The van der Waals surface area contributed by atoms with E-state index in [0.717, 1.165) is 17.1 Å². The van der Waals surface area contributed by atoms with E-state index in [0.29, 0.717) is 6.61 Å². The highest BCUT2D eigenvalue weighted by molar-refractivity contribution is 5.53. The number of aromatic nitrogens is 4. The van der Waals surface area contributed by atoms with Gasteiger partial charge in [-0.15, -0.1) is 10.2 Å². The Morgan fingerprint density at radius 3 is 2.47 bits per heavy atom. The molecule has 1 aromatic carbocycles. The molecule has 2 aromatic heterocycles. The van der Waals surface area contributed by atoms with Gasteiger partial charge in [0.15, 0.2) is 0 Å². The van der Waals surface area contributed by atoms with Crippen LogP contribution in [0.1, 0.15) is 6.92 Å². The van der Waals surface area contributed by atoms with Crippen molar-refractivity contribution in [2.75, 3.05) is 6.61 Å². The molecule has 0 unspecified atom stereocenters. The topological polar surface area (TPSA) is 44.9 Å². The van der Waals surface area contributed by atoms with Crippen LogP contribution >= 0.6 is 0 Å². The lowest BCUT2D eigenvalue weighted by Gasteiger charge is -2.13. The van der Waals surface area contributed by atoms with Gasteiger partial charge in [0.1, 0.15) is 18.4 Å². The quantitative estimate of drug-likeness (QED) is 0.718. The van der Waals surface area contributed by atoms with Crippen LogP contribution in [0, 0.1) is 0 Å². The van der Waals surface area contributed by atoms with Gasteiger partial charge in [-0.1, -0.05) is 0 Å². The molecule has 96 valence electrons. The molecule has 2 heterocycles. The Hall–Kier alpha value is -2.56. The lowest BCUT2D eigenvalue weighted by Crippen LogP contribution is -2.01. The molecule has 5 heteroatoms. The monoisotopic (exact) mass is 254 g/mol. The van der Waals surface area contributed by atoms with Crippen molar-refractivity contribution in [2.24, 2.45) is 0 Å². The van der Waals surface area contributed by atoms with Crippen LogP contribution in [-0.2, 0) is 0 Å². The smallest absolute Gasteiger partial charge is 0.143 e. The van der Waals surface area contributed by atoms with Gasteiger partial charge in [0.25, 0.3) is 0 Å². The van der Waals surface area contributed by atoms with Crippen LogP contribution in [-0.4, -0.2) is 25.9 Å². The van der Waals surface area contributed by atoms with Gasteiger partial charge in [0.05, 0.1) is 18.0 Å². The Morgan fingerprint density at radius 1 is 1.05 bits per heavy atom. The van der Waals surface area contributed by atoms with Gasteiger partial charge in [-0.25, -0.2) is 0 Å². The maximum Gasteiger partial charge on any atom is 0.143 e. The van der Waals surface area contributed by atoms with Gasteiger partial charge in [0.2, 0.25) is 0 Å². The van der Waals surface area contributed by atoms with Crippen LogP contribution in [0.25, 0.3) is 11.4 Å². The Labute approximate surface area is 111 Å². The third-order valence-corrected chi connectivity index (χ3v) is 2.84. The third kappa shape index (κ3) is 2.22. The summed E-state index contributed by atoms with van der Waals surface area (Å²) in [6.07, 6.45) is 7.34. The Balaban J connectivity index is 2.10. The molecular weight excluding hydrogens is 240 g/mol. The van der Waals surface area contributed by atoms with Gasteiger partial charge in [-0.2, -0.15) is 0 Å². The van der Waals surface area contributed by atoms with Crippen LogP contribution in [0.3, 0.4) is 0 Å². The summed E-state index contributed by atoms with van der Waals surface area (Å²) < 4.78 is 9.56. The van der Waals surface area contributed by atoms with Gasteiger partial charge in [-0.05, 0) is 37.3 Å². The molecule has 0 fully saturated rings. The molecule has 0 spiro atoms. The molecule has 0 radical (unpaired) electrons. The first kappa shape index (κ1) is 11.5. The van der Waals surface area contributed by atoms with Crippen LogP contribution < -0.4 is 4.74 Å². The average Bonchev–Trinajstić information content (AvgIpc) is 3.13. The molecule has 3 rings (SSSR count). The maximum atomic E-state index is 5.67. The standard InChI is InChI=1S/C14H14N4O/c1-2-19-14-6-5-12(18-10-15-16-11-18)9-13(14)17-7-3-4-8-17/h3-11H,2H2,1H3. The van der Waals surface area contributed by atoms with E-state index in [1.807, 2.05) is 58.8 Å². The molecule has 0 saturated heterocycles. The third-order valence-electron chi connectivity index (χ3n) is 2.84. The molecule has 19 heavy (non-hydrogen) atoms. The summed E-state index contributed by atoms with van der Waals surface area (Å²) in [6, 6.07) is 9.98. The van der Waals surface area contributed by atoms with Crippen LogP contribution in [0.4, 0.5) is 0 Å². The van der Waals surface area contributed by atoms with Gasteiger partial charge < -0.3 is 9.30 Å². The zero-order valence-corrected chi connectivity index (χ0v) is 10.6. The van der Waals surface area contributed by atoms with Crippen molar-refractivity contribution >= 4 is 0 Å². The van der Waals surface area contributed by atoms with E-state index in [1.165, 1.54) is 0 Å². The molecule has 0 aliphatic heterocycles. The summed E-state index contributed by atoms with van der Waals surface area (Å²) >= 11 is 0. The fourth-order valence-electron chi connectivity index (χ4n) is 1.97. The second kappa shape index (κ2) is 4.97. The van der Waals surface area contributed by atoms with Crippen molar-refractivity contribution in [1.29, 1.82) is 0 Å². The molecule has 0 atom stereocenters. The van der Waals surface area contributed by atoms with Gasteiger partial charge in [-0.3, -0.25) is 4.57 Å². The summed E-state index contributed by atoms with van der Waals surface area (Å²) in [7, 11) is 0. The van der Waals surface area contributed by atoms with E-state index < -0.39 is 0 Å². The molecule has 0 aliphatic carbocycles. The highest BCUT2D eigenvalue weighted by Gasteiger charge is 2.07. The summed E-state index contributed by atoms with van der Waals surface area (Å²) in [5, 5.41) is 7.65. The van der Waals surface area contributed by atoms with E-state index in [-0.39, 0.29) is 0 Å². The number of ether oxygens (including phenoxy) is 1. The second-order valence-electron chi connectivity index (χ2n) is 4.04. The Bertz CT molecular complexity index is 644. The molecule has 5 nitrogen and oxygen atoms in total. The molecule has 0 amide bonds. The predicted octanol–water partition coefficient (Wildman–Crippen LogP) is 2.46. The average molecular weight is 254 g/mol. The lowest BCUT2D eigenvalue weighted by molar-refractivity contribution is 0.339. The van der Waals surface area contributed by atoms with E-state index in [9.17, 15) is 0 Å². The number of hydrogen-bond acceptors (Lipinski definition) is 3. The molecular formula is C14H14N4O. The summed E-state index contributed by atoms with van der Waals surface area (Å²) in [5.41, 5.74) is 2.00. The Kier molecular flexibility index (Phi) is 3.02. The van der Waals surface area contributed by atoms with Crippen molar-refractivity contribution in [2.45, 2.75) is 6.92 Å². The minimum absolute atomic E-state index is 0.639. The van der Waals surface area contributed by atoms with E-state index in [1.54, 1.807) is 12.7 Å². The van der Waals surface area contributed by atoms with Crippen LogP contribution in [0.5, 0.6) is 5.75 Å². The largest absolute Gasteiger partial charge is 0.492 e. The van der Waals surface area contributed by atoms with Crippen molar-refractivity contribution < 1.29 is 4.74 Å². The van der Waals surface area contributed by atoms with Gasteiger partial charge in [0, 0.05) is 12.4 Å². The fraction of sp³-hybridized carbons (Fsp3) is 0.143. The molecule has 0 bridgehead atoms. The lowest BCUT2D eigenvalue weighted by atomic mass is 10.2. The number of benzene rings is 1. The summed E-state index contributed by atoms with van der Waals surface area (Å²) in [6.45, 7) is 2.62. The zero-order chi connectivity index (χ0) is 13.1. The zero-order valence-electron chi connectivity index (χ0n) is 10.6. The molecule has 0 aliphatic rings. The number of nitrogens with zero attached hydrogens (tertiary/aromatic N) is 4. The minimum Gasteiger partial charge on any atom is -0.492 e. The normalized spacial score (nSPS) is 10.6. The number of rotatable bonds is 4. The van der Waals surface area contributed by atoms with Crippen molar-refractivity contribution in [3.63, 3.8) is 0 Å². The maximum absolute atomic E-state index is 5.67. The van der Waals surface area contributed by atoms with E-state index in [2.05, 4.69) is 10.2 Å². The fourth-order valence-corrected chi connectivity index (χ4v) is 1.97. The van der Waals surface area contributed by atoms with Crippen molar-refractivity contribution in [1.82, 2.24) is 19.3 Å². The molecule has 0 N–H and O–H groups in total. The SMILES string of the molecule is CCOc1ccc(-n2cnnc2)cc1-n1cccc1. The van der Waals surface area contributed by atoms with Crippen LogP contribution in [0.2, 0.25) is 0 Å². The highest BCUT2D eigenvalue weighted by atomic mass is 16.5. The first-order chi connectivity index (χ1) is 9.38. The van der Waals surface area contributed by atoms with Crippen molar-refractivity contribution in [3.8, 4) is 17.1 Å².